The average molecular weight is 303 g/mol. The standard InChI is InChI=1S/C21H34O/c1-14-5-4-6-19-18-8-7-15-13-20(2,22)11-9-16(15)17(18)10-12-21(14,19)3/h15-19,22H,1,4-13H2,2-3H3/t15-,16+,17-,18-,19+,20-,21-/m1/s1. The normalized spacial score (nSPS) is 55.0. The lowest BCUT2D eigenvalue weighted by Crippen LogP contribution is -2.51. The van der Waals surface area contributed by atoms with Crippen LogP contribution in [0, 0.1) is 35.0 Å². The van der Waals surface area contributed by atoms with Crippen LogP contribution in [0.1, 0.15) is 78.1 Å². The zero-order valence-electron chi connectivity index (χ0n) is 14.6. The van der Waals surface area contributed by atoms with Crippen molar-refractivity contribution in [2.45, 2.75) is 83.7 Å². The minimum absolute atomic E-state index is 0.379. The summed E-state index contributed by atoms with van der Waals surface area (Å²) in [6.45, 7) is 9.08. The first kappa shape index (κ1) is 15.2. The van der Waals surface area contributed by atoms with E-state index in [4.69, 9.17) is 0 Å². The van der Waals surface area contributed by atoms with Gasteiger partial charge in [-0.1, -0.05) is 19.1 Å². The third kappa shape index (κ3) is 2.22. The first-order chi connectivity index (χ1) is 10.4. The number of hydrogen-bond acceptors (Lipinski definition) is 1. The molecule has 7 atom stereocenters. The molecule has 0 amide bonds. The van der Waals surface area contributed by atoms with Gasteiger partial charge in [0.2, 0.25) is 0 Å². The van der Waals surface area contributed by atoms with E-state index in [-0.39, 0.29) is 5.60 Å². The maximum atomic E-state index is 10.5. The van der Waals surface area contributed by atoms with Gasteiger partial charge in [-0.15, -0.1) is 0 Å². The number of allylic oxidation sites excluding steroid dienone is 1. The van der Waals surface area contributed by atoms with Crippen molar-refractivity contribution in [1.82, 2.24) is 0 Å². The first-order valence-corrected chi connectivity index (χ1v) is 9.81. The third-order valence-electron chi connectivity index (χ3n) is 8.43. The first-order valence-electron chi connectivity index (χ1n) is 9.81. The summed E-state index contributed by atoms with van der Waals surface area (Å²) in [6.07, 6.45) is 13.1. The average Bonchev–Trinajstić information content (AvgIpc) is 2.47. The van der Waals surface area contributed by atoms with Crippen LogP contribution in [0.2, 0.25) is 0 Å². The molecule has 4 rings (SSSR count). The maximum Gasteiger partial charge on any atom is 0.0622 e. The Morgan fingerprint density at radius 3 is 2.55 bits per heavy atom. The van der Waals surface area contributed by atoms with E-state index in [1.165, 1.54) is 51.4 Å². The predicted octanol–water partition coefficient (Wildman–Crippen LogP) is 5.34. The van der Waals surface area contributed by atoms with Gasteiger partial charge in [0.05, 0.1) is 5.60 Å². The highest BCUT2D eigenvalue weighted by atomic mass is 16.3. The Labute approximate surface area is 136 Å². The van der Waals surface area contributed by atoms with Gasteiger partial charge in [0.1, 0.15) is 0 Å². The van der Waals surface area contributed by atoms with Gasteiger partial charge < -0.3 is 5.11 Å². The molecule has 0 radical (unpaired) electrons. The summed E-state index contributed by atoms with van der Waals surface area (Å²) in [5, 5.41) is 10.5. The minimum Gasteiger partial charge on any atom is -0.390 e. The van der Waals surface area contributed by atoms with Crippen molar-refractivity contribution in [2.75, 3.05) is 0 Å². The number of aliphatic hydroxyl groups is 1. The maximum absolute atomic E-state index is 10.5. The molecule has 4 fully saturated rings. The molecule has 0 aliphatic heterocycles. The fourth-order valence-electron chi connectivity index (χ4n) is 7.19. The van der Waals surface area contributed by atoms with Gasteiger partial charge in [-0.25, -0.2) is 0 Å². The molecule has 0 saturated heterocycles. The van der Waals surface area contributed by atoms with Crippen LogP contribution in [0.25, 0.3) is 0 Å². The van der Waals surface area contributed by atoms with Crippen LogP contribution in [-0.4, -0.2) is 10.7 Å². The lowest BCUT2D eigenvalue weighted by molar-refractivity contribution is -0.0993. The van der Waals surface area contributed by atoms with E-state index in [2.05, 4.69) is 20.4 Å². The van der Waals surface area contributed by atoms with Gasteiger partial charge in [-0.2, -0.15) is 0 Å². The summed E-state index contributed by atoms with van der Waals surface area (Å²) < 4.78 is 0. The Bertz CT molecular complexity index is 465. The molecule has 0 bridgehead atoms. The molecule has 4 aliphatic rings. The van der Waals surface area contributed by atoms with E-state index in [0.717, 1.165) is 42.4 Å². The molecule has 0 aromatic rings. The highest BCUT2D eigenvalue weighted by Gasteiger charge is 2.54. The Morgan fingerprint density at radius 2 is 1.73 bits per heavy atom. The summed E-state index contributed by atoms with van der Waals surface area (Å²) in [7, 11) is 0. The Kier molecular flexibility index (Phi) is 3.53. The summed E-state index contributed by atoms with van der Waals surface area (Å²) in [4.78, 5) is 0. The van der Waals surface area contributed by atoms with Crippen LogP contribution in [0.5, 0.6) is 0 Å². The van der Waals surface area contributed by atoms with Crippen molar-refractivity contribution < 1.29 is 5.11 Å². The summed E-state index contributed by atoms with van der Waals surface area (Å²) >= 11 is 0. The third-order valence-corrected chi connectivity index (χ3v) is 8.43. The van der Waals surface area contributed by atoms with Crippen LogP contribution < -0.4 is 0 Å². The molecular formula is C21H34O. The fraction of sp³-hybridized carbons (Fsp3) is 0.905. The van der Waals surface area contributed by atoms with Crippen molar-refractivity contribution in [2.24, 2.45) is 35.0 Å². The van der Waals surface area contributed by atoms with Crippen molar-refractivity contribution in [3.63, 3.8) is 0 Å². The molecule has 1 N–H and O–H groups in total. The van der Waals surface area contributed by atoms with Gasteiger partial charge in [0.15, 0.2) is 0 Å². The van der Waals surface area contributed by atoms with E-state index >= 15 is 0 Å². The molecular weight excluding hydrogens is 268 g/mol. The van der Waals surface area contributed by atoms with Crippen molar-refractivity contribution >= 4 is 0 Å². The number of fused-ring (bicyclic) bond motifs is 5. The molecule has 0 heterocycles. The van der Waals surface area contributed by atoms with Gasteiger partial charge in [-0.05, 0) is 106 Å². The van der Waals surface area contributed by atoms with Crippen LogP contribution in [-0.2, 0) is 0 Å². The smallest absolute Gasteiger partial charge is 0.0622 e. The van der Waals surface area contributed by atoms with Crippen molar-refractivity contribution in [1.29, 1.82) is 0 Å². The van der Waals surface area contributed by atoms with Gasteiger partial charge in [-0.3, -0.25) is 0 Å². The van der Waals surface area contributed by atoms with Crippen molar-refractivity contribution in [3.8, 4) is 0 Å². The van der Waals surface area contributed by atoms with Gasteiger partial charge in [0.25, 0.3) is 0 Å². The zero-order valence-corrected chi connectivity index (χ0v) is 14.6. The highest BCUT2D eigenvalue weighted by Crippen LogP contribution is 2.62. The van der Waals surface area contributed by atoms with Crippen LogP contribution in [0.4, 0.5) is 0 Å². The van der Waals surface area contributed by atoms with Crippen LogP contribution in [0.15, 0.2) is 12.2 Å². The Balaban J connectivity index is 1.57. The topological polar surface area (TPSA) is 20.2 Å². The number of hydrogen-bond donors (Lipinski definition) is 1. The Hall–Kier alpha value is -0.300. The molecule has 1 heteroatoms. The second-order valence-corrected chi connectivity index (χ2v) is 9.63. The monoisotopic (exact) mass is 302 g/mol. The zero-order chi connectivity index (χ0) is 15.5. The van der Waals surface area contributed by atoms with E-state index < -0.39 is 0 Å². The lowest BCUT2D eigenvalue weighted by Gasteiger charge is -2.59. The molecule has 0 spiro atoms. The Morgan fingerprint density at radius 1 is 0.955 bits per heavy atom. The van der Waals surface area contributed by atoms with Gasteiger partial charge in [0, 0.05) is 0 Å². The van der Waals surface area contributed by atoms with Crippen LogP contribution in [0.3, 0.4) is 0 Å². The lowest BCUT2D eigenvalue weighted by atomic mass is 9.46. The molecule has 124 valence electrons. The predicted molar refractivity (Wildman–Crippen MR) is 91.5 cm³/mol. The second kappa shape index (κ2) is 5.10. The van der Waals surface area contributed by atoms with Crippen LogP contribution >= 0.6 is 0 Å². The fourth-order valence-corrected chi connectivity index (χ4v) is 7.19. The molecule has 1 nitrogen and oxygen atoms in total. The van der Waals surface area contributed by atoms with E-state index in [0.29, 0.717) is 5.41 Å². The van der Waals surface area contributed by atoms with E-state index in [1.54, 1.807) is 5.57 Å². The highest BCUT2D eigenvalue weighted by molar-refractivity contribution is 5.18. The molecule has 0 aromatic carbocycles. The van der Waals surface area contributed by atoms with E-state index in [9.17, 15) is 5.11 Å². The summed E-state index contributed by atoms with van der Waals surface area (Å²) in [5.41, 5.74) is 1.64. The minimum atomic E-state index is -0.379. The molecule has 0 aromatic heterocycles. The largest absolute Gasteiger partial charge is 0.390 e. The number of rotatable bonds is 0. The summed E-state index contributed by atoms with van der Waals surface area (Å²) in [6, 6.07) is 0. The molecule has 22 heavy (non-hydrogen) atoms. The SMILES string of the molecule is C=C1CCC[C@H]2[C@@H]3CC[C@@H]4C[C@](C)(O)CC[C@@H]4[C@H]3CC[C@]12C. The second-order valence-electron chi connectivity index (χ2n) is 9.63. The van der Waals surface area contributed by atoms with Crippen molar-refractivity contribution in [3.05, 3.63) is 12.2 Å². The molecule has 4 aliphatic carbocycles. The summed E-state index contributed by atoms with van der Waals surface area (Å²) in [5.74, 6) is 4.55. The molecule has 0 unspecified atom stereocenters. The van der Waals surface area contributed by atoms with E-state index in [1.807, 2.05) is 0 Å². The quantitative estimate of drug-likeness (QED) is 0.599. The molecule has 4 saturated carbocycles. The van der Waals surface area contributed by atoms with Gasteiger partial charge >= 0.3 is 0 Å².